The van der Waals surface area contributed by atoms with Crippen molar-refractivity contribution in [1.29, 1.82) is 0 Å². The van der Waals surface area contributed by atoms with Crippen molar-refractivity contribution in [3.63, 3.8) is 0 Å². The minimum atomic E-state index is -1.78. The largest absolute Gasteiger partial charge is 0.479 e. The molecule has 4 saturated carbocycles. The summed E-state index contributed by atoms with van der Waals surface area (Å²) in [5.41, 5.74) is 0.406. The number of carboxylic acid groups (broad SMARTS) is 1. The third-order valence-corrected chi connectivity index (χ3v) is 16.0. The van der Waals surface area contributed by atoms with Crippen molar-refractivity contribution in [1.82, 2.24) is 0 Å². The number of carbonyl (C=O) groups is 2. The molecule has 0 radical (unpaired) electrons. The fraction of sp³-hybridized carbons (Fsp3) is 0.900. The van der Waals surface area contributed by atoms with Crippen LogP contribution in [0.5, 0.6) is 0 Å². The van der Waals surface area contributed by atoms with E-state index in [1.807, 2.05) is 0 Å². The number of carboxylic acids is 1. The van der Waals surface area contributed by atoms with Crippen molar-refractivity contribution in [3.8, 4) is 0 Å². The first-order chi connectivity index (χ1) is 25.3. The van der Waals surface area contributed by atoms with Gasteiger partial charge in [-0.3, -0.25) is 4.79 Å². The molecule has 6 fully saturated rings. The second kappa shape index (κ2) is 14.3. The average Bonchev–Trinajstić information content (AvgIpc) is 3.12. The van der Waals surface area contributed by atoms with E-state index in [2.05, 4.69) is 40.7 Å². The van der Waals surface area contributed by atoms with Crippen LogP contribution in [0.25, 0.3) is 0 Å². The molecule has 14 nitrogen and oxygen atoms in total. The molecule has 2 saturated heterocycles. The molecule has 0 amide bonds. The summed E-state index contributed by atoms with van der Waals surface area (Å²) in [7, 11) is 0. The van der Waals surface area contributed by atoms with Gasteiger partial charge >= 0.3 is 11.9 Å². The van der Waals surface area contributed by atoms with Crippen LogP contribution >= 0.6 is 0 Å². The van der Waals surface area contributed by atoms with Crippen LogP contribution in [0.3, 0.4) is 0 Å². The number of aliphatic hydroxyl groups excluding tert-OH is 7. The van der Waals surface area contributed by atoms with Crippen molar-refractivity contribution >= 4 is 11.9 Å². The average molecular weight is 767 g/mol. The van der Waals surface area contributed by atoms with Gasteiger partial charge in [0.1, 0.15) is 42.7 Å². The van der Waals surface area contributed by atoms with Gasteiger partial charge in [-0.25, -0.2) is 4.79 Å². The minimum absolute atomic E-state index is 0.0102. The molecule has 306 valence electrons. The van der Waals surface area contributed by atoms with Crippen molar-refractivity contribution < 1.29 is 69.4 Å². The van der Waals surface area contributed by atoms with Gasteiger partial charge in [-0.2, -0.15) is 0 Å². The quantitative estimate of drug-likeness (QED) is 0.109. The van der Waals surface area contributed by atoms with E-state index in [1.165, 1.54) is 5.57 Å². The summed E-state index contributed by atoms with van der Waals surface area (Å²) >= 11 is 0. The van der Waals surface area contributed by atoms with Crippen LogP contribution in [0.4, 0.5) is 0 Å². The molecule has 8 N–H and O–H groups in total. The zero-order valence-corrected chi connectivity index (χ0v) is 32.1. The van der Waals surface area contributed by atoms with Crippen LogP contribution in [0, 0.1) is 51.2 Å². The van der Waals surface area contributed by atoms with Crippen molar-refractivity contribution in [2.24, 2.45) is 51.2 Å². The van der Waals surface area contributed by atoms with E-state index in [4.69, 9.17) is 18.9 Å². The SMILES string of the molecule is C[C@@H]1C2CC[C@@]3(C)C4CC[C@@]5(C(=O)OC6OC(CO)C(O)C(O)C6O)CCC(C)(C)CC5C4=CCC3[C@@]2(C)CC[C@@H]1OC1OC(C(=O)O)C(O)C(O)C1O. The molecule has 0 spiro atoms. The molecule has 0 aromatic rings. The summed E-state index contributed by atoms with van der Waals surface area (Å²) in [5.74, 6) is -1.03. The number of ether oxygens (including phenoxy) is 4. The van der Waals surface area contributed by atoms with Gasteiger partial charge < -0.3 is 59.8 Å². The molecule has 0 aromatic heterocycles. The maximum Gasteiger partial charge on any atom is 0.335 e. The van der Waals surface area contributed by atoms with Crippen molar-refractivity contribution in [3.05, 3.63) is 11.6 Å². The van der Waals surface area contributed by atoms with E-state index >= 15 is 0 Å². The van der Waals surface area contributed by atoms with Gasteiger partial charge in [-0.1, -0.05) is 46.3 Å². The van der Waals surface area contributed by atoms with Crippen LogP contribution in [-0.4, -0.2) is 127 Å². The number of hydrogen-bond acceptors (Lipinski definition) is 13. The lowest BCUT2D eigenvalue weighted by Gasteiger charge is -2.66. The van der Waals surface area contributed by atoms with Gasteiger partial charge in [-0.15, -0.1) is 0 Å². The predicted octanol–water partition coefficient (Wildman–Crippen LogP) is 1.63. The monoisotopic (exact) mass is 766 g/mol. The van der Waals surface area contributed by atoms with Crippen molar-refractivity contribution in [2.75, 3.05) is 6.61 Å². The normalized spacial score (nSPS) is 52.8. The molecule has 7 rings (SSSR count). The number of carbonyl (C=O) groups excluding carboxylic acids is 1. The van der Waals surface area contributed by atoms with Gasteiger partial charge in [0.2, 0.25) is 6.29 Å². The smallest absolute Gasteiger partial charge is 0.335 e. The molecule has 54 heavy (non-hydrogen) atoms. The summed E-state index contributed by atoms with van der Waals surface area (Å²) in [6.07, 6.45) is -5.69. The number of esters is 1. The zero-order chi connectivity index (χ0) is 39.3. The first kappa shape index (κ1) is 40.5. The summed E-state index contributed by atoms with van der Waals surface area (Å²) in [6.45, 7) is 10.9. The van der Waals surface area contributed by atoms with E-state index in [-0.39, 0.29) is 46.0 Å². The molecule has 19 atom stereocenters. The molecule has 5 aliphatic carbocycles. The highest BCUT2D eigenvalue weighted by Gasteiger charge is 2.65. The fourth-order valence-corrected chi connectivity index (χ4v) is 12.8. The Hall–Kier alpha value is -1.72. The molecule has 14 unspecified atom stereocenters. The topological polar surface area (TPSA) is 233 Å². The van der Waals surface area contributed by atoms with Gasteiger partial charge in [0.15, 0.2) is 12.4 Å². The van der Waals surface area contributed by atoms with E-state index < -0.39 is 85.4 Å². The van der Waals surface area contributed by atoms with Crippen LogP contribution < -0.4 is 0 Å². The van der Waals surface area contributed by atoms with Gasteiger partial charge in [0, 0.05) is 0 Å². The van der Waals surface area contributed by atoms with E-state index in [0.717, 1.165) is 44.9 Å². The highest BCUT2D eigenvalue weighted by Crippen LogP contribution is 2.71. The second-order valence-corrected chi connectivity index (χ2v) is 19.2. The summed E-state index contributed by atoms with van der Waals surface area (Å²) in [6, 6.07) is 0. The van der Waals surface area contributed by atoms with E-state index in [0.29, 0.717) is 25.2 Å². The Morgan fingerprint density at radius 1 is 0.778 bits per heavy atom. The Bertz CT molecular complexity index is 1470. The standard InChI is InChI=1S/C40H62O14/c1-18-20-8-11-39(5)21-9-13-40(36(50)54-35-30(46)27(43)26(42)24(17-41)52-35)15-14-37(2,3)16-22(40)19(21)6-7-25(39)38(20,4)12-10-23(18)51-34-31(47)28(44)29(45)32(53-34)33(48)49/h6,18,20-32,34-35,41-47H,7-17H2,1-5H3,(H,48,49)/t18-,20?,21?,22?,23+,24?,25?,26?,27?,28?,29?,30?,31?,32?,34?,35?,38+,39+,40-/m1/s1. The zero-order valence-electron chi connectivity index (χ0n) is 32.1. The number of hydrogen-bond donors (Lipinski definition) is 8. The molecule has 14 heteroatoms. The van der Waals surface area contributed by atoms with Crippen LogP contribution in [0.1, 0.15) is 98.8 Å². The molecule has 7 aliphatic rings. The van der Waals surface area contributed by atoms with Crippen LogP contribution in [0.15, 0.2) is 11.6 Å². The Balaban J connectivity index is 1.11. The van der Waals surface area contributed by atoms with Gasteiger partial charge in [0.05, 0.1) is 18.1 Å². The number of fused-ring (bicyclic) bond motifs is 7. The Labute approximate surface area is 316 Å². The Morgan fingerprint density at radius 3 is 2.13 bits per heavy atom. The maximum atomic E-state index is 14.4. The third kappa shape index (κ3) is 6.29. The highest BCUT2D eigenvalue weighted by atomic mass is 16.7. The molecule has 0 bridgehead atoms. The van der Waals surface area contributed by atoms with Gasteiger partial charge in [0.25, 0.3) is 0 Å². The lowest BCUT2D eigenvalue weighted by atomic mass is 9.38. The Morgan fingerprint density at radius 2 is 1.44 bits per heavy atom. The van der Waals surface area contributed by atoms with Crippen LogP contribution in [0.2, 0.25) is 0 Å². The molecular formula is C40H62O14. The number of aliphatic carboxylic acids is 1. The lowest BCUT2D eigenvalue weighted by Crippen LogP contribution is -2.63. The predicted molar refractivity (Wildman–Crippen MR) is 189 cm³/mol. The Kier molecular flexibility index (Phi) is 10.7. The summed E-state index contributed by atoms with van der Waals surface area (Å²) < 4.78 is 23.3. The fourth-order valence-electron chi connectivity index (χ4n) is 12.8. The molecule has 2 heterocycles. The summed E-state index contributed by atoms with van der Waals surface area (Å²) in [5, 5.41) is 81.9. The van der Waals surface area contributed by atoms with E-state index in [9.17, 15) is 50.4 Å². The second-order valence-electron chi connectivity index (χ2n) is 19.2. The van der Waals surface area contributed by atoms with Gasteiger partial charge in [-0.05, 0) is 110 Å². The number of aliphatic hydroxyl groups is 7. The third-order valence-electron chi connectivity index (χ3n) is 16.0. The number of rotatable bonds is 6. The van der Waals surface area contributed by atoms with E-state index in [1.54, 1.807) is 0 Å². The first-order valence-corrected chi connectivity index (χ1v) is 20.1. The highest BCUT2D eigenvalue weighted by molar-refractivity contribution is 5.79. The first-order valence-electron chi connectivity index (χ1n) is 20.1. The van der Waals surface area contributed by atoms with Crippen LogP contribution in [-0.2, 0) is 28.5 Å². The summed E-state index contributed by atoms with van der Waals surface area (Å²) in [4.78, 5) is 26.1. The minimum Gasteiger partial charge on any atom is -0.479 e. The lowest BCUT2D eigenvalue weighted by molar-refractivity contribution is -0.315. The molecule has 0 aromatic carbocycles. The molecular weight excluding hydrogens is 704 g/mol. The number of allylic oxidation sites excluding steroid dienone is 2. The molecule has 2 aliphatic heterocycles. The van der Waals surface area contributed by atoms with Crippen molar-refractivity contribution in [2.45, 2.75) is 166 Å². The maximum absolute atomic E-state index is 14.4.